The summed E-state index contributed by atoms with van der Waals surface area (Å²) in [5, 5.41) is 9.75. The normalized spacial score (nSPS) is 14.7. The summed E-state index contributed by atoms with van der Waals surface area (Å²) >= 11 is 0. The molecule has 2 aromatic carbocycles. The molecule has 126 valence electrons. The van der Waals surface area contributed by atoms with Gasteiger partial charge >= 0.3 is 0 Å². The lowest BCUT2D eigenvalue weighted by atomic mass is 9.85. The summed E-state index contributed by atoms with van der Waals surface area (Å²) in [7, 11) is 0. The highest BCUT2D eigenvalue weighted by Crippen LogP contribution is 2.35. The van der Waals surface area contributed by atoms with Gasteiger partial charge in [0.2, 0.25) is 0 Å². The number of para-hydroxylation sites is 1. The molecule has 0 spiro atoms. The number of rotatable bonds is 7. The first kappa shape index (κ1) is 16.6. The fourth-order valence-corrected chi connectivity index (χ4v) is 3.43. The number of aromatic hydroxyl groups is 1. The zero-order valence-corrected chi connectivity index (χ0v) is 14.2. The van der Waals surface area contributed by atoms with Crippen molar-refractivity contribution in [3.05, 3.63) is 65.7 Å². The Bertz CT molecular complexity index is 673. The molecule has 0 saturated carbocycles. The largest absolute Gasteiger partial charge is 0.508 e. The van der Waals surface area contributed by atoms with Crippen molar-refractivity contribution in [3.8, 4) is 11.5 Å². The Balaban J connectivity index is 1.54. The molecule has 0 radical (unpaired) electrons. The molecule has 1 aliphatic carbocycles. The van der Waals surface area contributed by atoms with Crippen molar-refractivity contribution in [2.24, 2.45) is 0 Å². The van der Waals surface area contributed by atoms with Crippen LogP contribution in [0.5, 0.6) is 11.5 Å². The van der Waals surface area contributed by atoms with Crippen LogP contribution in [-0.4, -0.2) is 11.7 Å². The van der Waals surface area contributed by atoms with Crippen LogP contribution >= 0.6 is 0 Å². The SMILES string of the molecule is Oc1cccc(C2=C(CCCCOc3ccccc3)CCCC2)c1. The molecular weight excluding hydrogens is 296 g/mol. The van der Waals surface area contributed by atoms with Gasteiger partial charge in [0.05, 0.1) is 6.61 Å². The van der Waals surface area contributed by atoms with Gasteiger partial charge in [-0.3, -0.25) is 0 Å². The molecule has 0 unspecified atom stereocenters. The maximum Gasteiger partial charge on any atom is 0.119 e. The Morgan fingerprint density at radius 3 is 2.54 bits per heavy atom. The van der Waals surface area contributed by atoms with Crippen molar-refractivity contribution >= 4 is 5.57 Å². The second-order valence-electron chi connectivity index (χ2n) is 6.46. The fourth-order valence-electron chi connectivity index (χ4n) is 3.43. The van der Waals surface area contributed by atoms with E-state index in [4.69, 9.17) is 4.74 Å². The monoisotopic (exact) mass is 322 g/mol. The number of ether oxygens (including phenoxy) is 1. The number of hydrogen-bond donors (Lipinski definition) is 1. The van der Waals surface area contributed by atoms with Crippen LogP contribution in [0.4, 0.5) is 0 Å². The van der Waals surface area contributed by atoms with Crippen LogP contribution < -0.4 is 4.74 Å². The molecular formula is C22H26O2. The Labute approximate surface area is 144 Å². The van der Waals surface area contributed by atoms with Crippen molar-refractivity contribution in [3.63, 3.8) is 0 Å². The molecule has 0 bridgehead atoms. The molecule has 3 rings (SSSR count). The summed E-state index contributed by atoms with van der Waals surface area (Å²) in [6, 6.07) is 17.7. The molecule has 2 aromatic rings. The molecule has 0 saturated heterocycles. The van der Waals surface area contributed by atoms with Gasteiger partial charge in [0.15, 0.2) is 0 Å². The topological polar surface area (TPSA) is 29.5 Å². The first-order chi connectivity index (χ1) is 11.8. The van der Waals surface area contributed by atoms with Crippen LogP contribution in [0, 0.1) is 0 Å². The van der Waals surface area contributed by atoms with E-state index in [1.54, 1.807) is 11.6 Å². The number of phenols is 1. The predicted octanol–water partition coefficient (Wildman–Crippen LogP) is 5.97. The smallest absolute Gasteiger partial charge is 0.119 e. The van der Waals surface area contributed by atoms with E-state index in [-0.39, 0.29) is 0 Å². The van der Waals surface area contributed by atoms with Crippen LogP contribution in [-0.2, 0) is 0 Å². The molecule has 0 atom stereocenters. The van der Waals surface area contributed by atoms with Crippen molar-refractivity contribution in [2.75, 3.05) is 6.61 Å². The van der Waals surface area contributed by atoms with Crippen LogP contribution in [0.2, 0.25) is 0 Å². The van der Waals surface area contributed by atoms with E-state index in [0.29, 0.717) is 5.75 Å². The van der Waals surface area contributed by atoms with Crippen molar-refractivity contribution in [1.82, 2.24) is 0 Å². The lowest BCUT2D eigenvalue weighted by Crippen LogP contribution is -2.02. The zero-order chi connectivity index (χ0) is 16.6. The number of unbranched alkanes of at least 4 members (excludes halogenated alkanes) is 1. The molecule has 2 nitrogen and oxygen atoms in total. The third-order valence-corrected chi connectivity index (χ3v) is 4.66. The molecule has 0 amide bonds. The second kappa shape index (κ2) is 8.58. The lowest BCUT2D eigenvalue weighted by molar-refractivity contribution is 0.306. The summed E-state index contributed by atoms with van der Waals surface area (Å²) in [6.45, 7) is 0.777. The summed E-state index contributed by atoms with van der Waals surface area (Å²) in [6.07, 6.45) is 8.26. The molecule has 24 heavy (non-hydrogen) atoms. The predicted molar refractivity (Wildman–Crippen MR) is 99.3 cm³/mol. The van der Waals surface area contributed by atoms with Gasteiger partial charge in [0.25, 0.3) is 0 Å². The van der Waals surface area contributed by atoms with Gasteiger partial charge in [-0.05, 0) is 80.3 Å². The molecule has 0 aliphatic heterocycles. The molecule has 0 heterocycles. The first-order valence-electron chi connectivity index (χ1n) is 9.01. The van der Waals surface area contributed by atoms with Crippen molar-refractivity contribution in [1.29, 1.82) is 0 Å². The Hall–Kier alpha value is -2.22. The van der Waals surface area contributed by atoms with E-state index < -0.39 is 0 Å². The van der Waals surface area contributed by atoms with Gasteiger partial charge in [-0.2, -0.15) is 0 Å². The van der Waals surface area contributed by atoms with Gasteiger partial charge in [0.1, 0.15) is 11.5 Å². The van der Waals surface area contributed by atoms with Crippen LogP contribution in [0.15, 0.2) is 60.2 Å². The molecule has 1 N–H and O–H groups in total. The Kier molecular flexibility index (Phi) is 5.95. The minimum atomic E-state index is 0.362. The highest BCUT2D eigenvalue weighted by molar-refractivity contribution is 5.70. The summed E-state index contributed by atoms with van der Waals surface area (Å²) in [4.78, 5) is 0. The maximum absolute atomic E-state index is 9.75. The minimum absolute atomic E-state index is 0.362. The molecule has 0 fully saturated rings. The van der Waals surface area contributed by atoms with Crippen molar-refractivity contribution < 1.29 is 9.84 Å². The second-order valence-corrected chi connectivity index (χ2v) is 6.46. The minimum Gasteiger partial charge on any atom is -0.508 e. The van der Waals surface area contributed by atoms with Gasteiger partial charge in [-0.25, -0.2) is 0 Å². The van der Waals surface area contributed by atoms with Crippen molar-refractivity contribution in [2.45, 2.75) is 44.9 Å². The number of phenolic OH excluding ortho intramolecular Hbond substituents is 1. The van der Waals surface area contributed by atoms with Crippen LogP contribution in [0.1, 0.15) is 50.5 Å². The highest BCUT2D eigenvalue weighted by Gasteiger charge is 2.14. The molecule has 2 heteroatoms. The average molecular weight is 322 g/mol. The maximum atomic E-state index is 9.75. The summed E-state index contributed by atoms with van der Waals surface area (Å²) in [5.74, 6) is 1.32. The van der Waals surface area contributed by atoms with E-state index in [9.17, 15) is 5.11 Å². The van der Waals surface area contributed by atoms with Gasteiger partial charge < -0.3 is 9.84 Å². The fraction of sp³-hybridized carbons (Fsp3) is 0.364. The Morgan fingerprint density at radius 2 is 1.71 bits per heavy atom. The van der Waals surface area contributed by atoms with Gasteiger partial charge in [0, 0.05) is 0 Å². The summed E-state index contributed by atoms with van der Waals surface area (Å²) in [5.41, 5.74) is 4.23. The standard InChI is InChI=1S/C22H26O2/c23-20-12-8-11-19(17-20)22-15-5-4-9-18(22)10-6-7-16-24-21-13-2-1-3-14-21/h1-3,8,11-14,17,23H,4-7,9-10,15-16H2. The van der Waals surface area contributed by atoms with Crippen LogP contribution in [0.3, 0.4) is 0 Å². The lowest BCUT2D eigenvalue weighted by Gasteiger charge is -2.21. The highest BCUT2D eigenvalue weighted by atomic mass is 16.5. The van der Waals surface area contributed by atoms with E-state index in [1.807, 2.05) is 42.5 Å². The third-order valence-electron chi connectivity index (χ3n) is 4.66. The van der Waals surface area contributed by atoms with Gasteiger partial charge in [-0.15, -0.1) is 0 Å². The quantitative estimate of drug-likeness (QED) is 0.636. The number of allylic oxidation sites excluding steroid dienone is 2. The molecule has 1 aliphatic rings. The number of hydrogen-bond acceptors (Lipinski definition) is 2. The van der Waals surface area contributed by atoms with E-state index >= 15 is 0 Å². The van der Waals surface area contributed by atoms with E-state index in [1.165, 1.54) is 30.4 Å². The molecule has 0 aromatic heterocycles. The number of benzene rings is 2. The van der Waals surface area contributed by atoms with E-state index in [0.717, 1.165) is 38.0 Å². The average Bonchev–Trinajstić information content (AvgIpc) is 2.63. The third kappa shape index (κ3) is 4.64. The van der Waals surface area contributed by atoms with Gasteiger partial charge in [-0.1, -0.05) is 35.9 Å². The Morgan fingerprint density at radius 1 is 0.875 bits per heavy atom. The first-order valence-corrected chi connectivity index (χ1v) is 9.01. The summed E-state index contributed by atoms with van der Waals surface area (Å²) < 4.78 is 5.77. The van der Waals surface area contributed by atoms with Crippen LogP contribution in [0.25, 0.3) is 5.57 Å². The zero-order valence-electron chi connectivity index (χ0n) is 14.2. The van der Waals surface area contributed by atoms with E-state index in [2.05, 4.69) is 6.07 Å².